The lowest BCUT2D eigenvalue weighted by Gasteiger charge is -2.11. The topological polar surface area (TPSA) is 50.2 Å². The molecule has 3 aromatic rings. The van der Waals surface area contributed by atoms with Gasteiger partial charge in [0.2, 0.25) is 5.91 Å². The Kier molecular flexibility index (Phi) is 5.94. The van der Waals surface area contributed by atoms with Crippen LogP contribution in [0.25, 0.3) is 11.1 Å². The molecule has 0 saturated heterocycles. The number of nitrogens with zero attached hydrogens (tertiary/aromatic N) is 3. The lowest BCUT2D eigenvalue weighted by atomic mass is 10.1. The molecule has 3 rings (SSSR count). The number of halogens is 3. The second-order valence-electron chi connectivity index (χ2n) is 6.49. The van der Waals surface area contributed by atoms with Crippen LogP contribution in [0.2, 0.25) is 5.02 Å². The lowest BCUT2D eigenvalue weighted by molar-refractivity contribution is -0.122. The number of rotatable bonds is 6. The molecule has 0 atom stereocenters. The minimum absolute atomic E-state index is 0.0109. The zero-order chi connectivity index (χ0) is 20.3. The summed E-state index contributed by atoms with van der Waals surface area (Å²) in [6, 6.07) is 10.4. The van der Waals surface area contributed by atoms with E-state index in [1.54, 1.807) is 24.4 Å². The van der Waals surface area contributed by atoms with E-state index >= 15 is 0 Å². The van der Waals surface area contributed by atoms with E-state index in [4.69, 9.17) is 11.6 Å². The van der Waals surface area contributed by atoms with Gasteiger partial charge in [0, 0.05) is 32.4 Å². The summed E-state index contributed by atoms with van der Waals surface area (Å²) < 4.78 is 27.9. The molecular weight excluding hydrogens is 386 g/mol. The van der Waals surface area contributed by atoms with Crippen LogP contribution in [0.15, 0.2) is 48.7 Å². The van der Waals surface area contributed by atoms with Crippen molar-refractivity contribution in [1.82, 2.24) is 15.1 Å². The van der Waals surface area contributed by atoms with Crippen LogP contribution >= 0.6 is 11.6 Å². The van der Waals surface area contributed by atoms with E-state index < -0.39 is 5.82 Å². The predicted octanol–water partition coefficient (Wildman–Crippen LogP) is 3.86. The maximum atomic E-state index is 13.2. The number of amides is 1. The Morgan fingerprint density at radius 3 is 2.54 bits per heavy atom. The first-order valence-corrected chi connectivity index (χ1v) is 8.92. The third-order valence-corrected chi connectivity index (χ3v) is 4.39. The van der Waals surface area contributed by atoms with Gasteiger partial charge in [-0.2, -0.15) is 5.10 Å². The fourth-order valence-corrected chi connectivity index (χ4v) is 2.91. The lowest BCUT2D eigenvalue weighted by Crippen LogP contribution is -2.27. The summed E-state index contributed by atoms with van der Waals surface area (Å²) in [6.45, 7) is 0.239. The van der Waals surface area contributed by atoms with Crippen molar-refractivity contribution in [3.05, 3.63) is 70.9 Å². The molecule has 1 N–H and O–H groups in total. The van der Waals surface area contributed by atoms with Gasteiger partial charge >= 0.3 is 0 Å². The summed E-state index contributed by atoms with van der Waals surface area (Å²) in [5.74, 6) is -0.399. The van der Waals surface area contributed by atoms with E-state index in [9.17, 15) is 13.6 Å². The molecule has 1 aromatic heterocycles. The van der Waals surface area contributed by atoms with Gasteiger partial charge in [0.15, 0.2) is 5.82 Å². The highest BCUT2D eigenvalue weighted by atomic mass is 35.5. The molecule has 0 saturated carbocycles. The average Bonchev–Trinajstić information content (AvgIpc) is 3.07. The highest BCUT2D eigenvalue weighted by molar-refractivity contribution is 6.30. The van der Waals surface area contributed by atoms with E-state index in [0.29, 0.717) is 11.4 Å². The minimum atomic E-state index is -0.502. The van der Waals surface area contributed by atoms with Gasteiger partial charge in [0.05, 0.1) is 5.02 Å². The molecule has 146 valence electrons. The summed E-state index contributed by atoms with van der Waals surface area (Å²) in [7, 11) is 3.69. The first-order chi connectivity index (χ1) is 13.3. The number of hydrogen-bond acceptors (Lipinski definition) is 3. The largest absolute Gasteiger partial charge is 0.361 e. The number of hydrogen-bond donors (Lipinski definition) is 1. The molecular formula is C20H19ClF2N4O. The van der Waals surface area contributed by atoms with Crippen molar-refractivity contribution in [1.29, 1.82) is 0 Å². The van der Waals surface area contributed by atoms with Crippen molar-refractivity contribution in [2.24, 2.45) is 0 Å². The molecule has 0 aliphatic rings. The van der Waals surface area contributed by atoms with E-state index in [-0.39, 0.29) is 29.8 Å². The van der Waals surface area contributed by atoms with Crippen molar-refractivity contribution < 1.29 is 13.6 Å². The number of nitrogens with one attached hydrogen (secondary N) is 1. The molecule has 0 aliphatic heterocycles. The molecule has 0 aliphatic carbocycles. The van der Waals surface area contributed by atoms with Crippen LogP contribution in [0.4, 0.5) is 14.6 Å². The fraction of sp³-hybridized carbons (Fsp3) is 0.200. The Morgan fingerprint density at radius 1 is 1.18 bits per heavy atom. The molecule has 28 heavy (non-hydrogen) atoms. The maximum absolute atomic E-state index is 13.2. The van der Waals surface area contributed by atoms with Gasteiger partial charge in [-0.1, -0.05) is 29.8 Å². The SMILES string of the molecule is CN(C)c1nn(CC(=O)NCc2ccc(F)c(Cl)c2)cc1-c1ccc(F)cc1. The molecule has 8 heteroatoms. The van der Waals surface area contributed by atoms with E-state index in [1.807, 2.05) is 19.0 Å². The Hall–Kier alpha value is -2.93. The van der Waals surface area contributed by atoms with Crippen LogP contribution < -0.4 is 10.2 Å². The van der Waals surface area contributed by atoms with Gasteiger partial charge in [-0.05, 0) is 35.4 Å². The summed E-state index contributed by atoms with van der Waals surface area (Å²) >= 11 is 5.75. The molecule has 0 unspecified atom stereocenters. The van der Waals surface area contributed by atoms with Gasteiger partial charge < -0.3 is 10.2 Å². The molecule has 0 radical (unpaired) electrons. The van der Waals surface area contributed by atoms with Gasteiger partial charge in [-0.25, -0.2) is 8.78 Å². The highest BCUT2D eigenvalue weighted by Crippen LogP contribution is 2.28. The fourth-order valence-electron chi connectivity index (χ4n) is 2.71. The van der Waals surface area contributed by atoms with Crippen LogP contribution in [-0.4, -0.2) is 29.8 Å². The van der Waals surface area contributed by atoms with Crippen molar-refractivity contribution in [2.75, 3.05) is 19.0 Å². The summed E-state index contributed by atoms with van der Waals surface area (Å²) in [4.78, 5) is 14.1. The summed E-state index contributed by atoms with van der Waals surface area (Å²) in [5, 5.41) is 7.21. The molecule has 0 spiro atoms. The second kappa shape index (κ2) is 8.39. The van der Waals surface area contributed by atoms with E-state index in [0.717, 1.165) is 11.1 Å². The number of aromatic nitrogens is 2. The second-order valence-corrected chi connectivity index (χ2v) is 6.90. The first-order valence-electron chi connectivity index (χ1n) is 8.55. The quantitative estimate of drug-likeness (QED) is 0.678. The zero-order valence-electron chi connectivity index (χ0n) is 15.4. The number of benzene rings is 2. The van der Waals surface area contributed by atoms with Crippen LogP contribution in [0.1, 0.15) is 5.56 Å². The maximum Gasteiger partial charge on any atom is 0.241 e. The van der Waals surface area contributed by atoms with Crippen molar-refractivity contribution in [3.63, 3.8) is 0 Å². The first kappa shape index (κ1) is 19.8. The van der Waals surface area contributed by atoms with Gasteiger partial charge in [-0.15, -0.1) is 0 Å². The average molecular weight is 405 g/mol. The predicted molar refractivity (Wildman–Crippen MR) is 105 cm³/mol. The Morgan fingerprint density at radius 2 is 1.89 bits per heavy atom. The standard InChI is InChI=1S/C20H19ClF2N4O/c1-26(2)20-16(14-4-6-15(22)7-5-14)11-27(25-20)12-19(28)24-10-13-3-8-18(23)17(21)9-13/h3-9,11H,10,12H2,1-2H3,(H,24,28). The van der Waals surface area contributed by atoms with Crippen molar-refractivity contribution in [2.45, 2.75) is 13.1 Å². The molecule has 0 fully saturated rings. The van der Waals surface area contributed by atoms with Crippen LogP contribution in [0.5, 0.6) is 0 Å². The van der Waals surface area contributed by atoms with Gasteiger partial charge in [0.1, 0.15) is 18.2 Å². The zero-order valence-corrected chi connectivity index (χ0v) is 16.2. The van der Waals surface area contributed by atoms with Crippen LogP contribution in [-0.2, 0) is 17.9 Å². The number of carbonyl (C=O) groups excluding carboxylic acids is 1. The Bertz CT molecular complexity index is 986. The van der Waals surface area contributed by atoms with Crippen LogP contribution in [0, 0.1) is 11.6 Å². The minimum Gasteiger partial charge on any atom is -0.361 e. The number of anilines is 1. The van der Waals surface area contributed by atoms with E-state index in [1.165, 1.54) is 28.9 Å². The molecule has 5 nitrogen and oxygen atoms in total. The third-order valence-electron chi connectivity index (χ3n) is 4.10. The van der Waals surface area contributed by atoms with Crippen LogP contribution in [0.3, 0.4) is 0 Å². The molecule has 2 aromatic carbocycles. The normalized spacial score (nSPS) is 10.8. The highest BCUT2D eigenvalue weighted by Gasteiger charge is 2.15. The van der Waals surface area contributed by atoms with Crippen molar-refractivity contribution in [3.8, 4) is 11.1 Å². The Labute approximate surface area is 166 Å². The van der Waals surface area contributed by atoms with E-state index in [2.05, 4.69) is 10.4 Å². The number of carbonyl (C=O) groups is 1. The summed E-state index contributed by atoms with van der Waals surface area (Å²) in [6.07, 6.45) is 1.75. The summed E-state index contributed by atoms with van der Waals surface area (Å²) in [5.41, 5.74) is 2.29. The smallest absolute Gasteiger partial charge is 0.241 e. The molecule has 1 amide bonds. The monoisotopic (exact) mass is 404 g/mol. The molecule has 1 heterocycles. The third kappa shape index (κ3) is 4.67. The molecule has 0 bridgehead atoms. The van der Waals surface area contributed by atoms with Crippen molar-refractivity contribution >= 4 is 23.3 Å². The Balaban J connectivity index is 1.71. The van der Waals surface area contributed by atoms with Gasteiger partial charge in [-0.3, -0.25) is 9.48 Å². The van der Waals surface area contributed by atoms with Gasteiger partial charge in [0.25, 0.3) is 0 Å².